The number of hydrogen-bond acceptors (Lipinski definition) is 2. The Bertz CT molecular complexity index is 840. The Hall–Kier alpha value is -1.64. The van der Waals surface area contributed by atoms with Gasteiger partial charge in [0.15, 0.2) is 11.6 Å². The summed E-state index contributed by atoms with van der Waals surface area (Å²) < 4.78 is 20.3. The highest BCUT2D eigenvalue weighted by atomic mass is 19.1. The first kappa shape index (κ1) is 27.4. The number of fused-ring (bicyclic) bond motifs is 1. The van der Waals surface area contributed by atoms with Gasteiger partial charge in [0.2, 0.25) is 0 Å². The van der Waals surface area contributed by atoms with Gasteiger partial charge in [0, 0.05) is 0 Å². The van der Waals surface area contributed by atoms with Crippen molar-refractivity contribution in [1.29, 1.82) is 0 Å². The molecule has 3 heteroatoms. The second kappa shape index (κ2) is 13.8. The lowest BCUT2D eigenvalue weighted by Crippen LogP contribution is -2.40. The third-order valence-corrected chi connectivity index (χ3v) is 9.86. The first-order chi connectivity index (χ1) is 17.6. The molecule has 0 heterocycles. The zero-order valence-electron chi connectivity index (χ0n) is 22.7. The lowest BCUT2D eigenvalue weighted by Gasteiger charge is -2.46. The van der Waals surface area contributed by atoms with Crippen LogP contribution in [0, 0.1) is 41.3 Å². The maximum atomic E-state index is 14.6. The number of carbonyl (C=O) groups excluding carboxylic acids is 1. The van der Waals surface area contributed by atoms with E-state index in [4.69, 9.17) is 4.74 Å². The van der Waals surface area contributed by atoms with Crippen molar-refractivity contribution in [2.45, 2.75) is 116 Å². The summed E-state index contributed by atoms with van der Waals surface area (Å²) in [4.78, 5) is 13.2. The molecular weight excluding hydrogens is 447 g/mol. The third-order valence-electron chi connectivity index (χ3n) is 9.86. The van der Waals surface area contributed by atoms with Gasteiger partial charge in [-0.25, -0.2) is 4.39 Å². The first-order valence-electron chi connectivity index (χ1n) is 15.2. The molecule has 200 valence electrons. The molecular formula is C33H49FO2. The van der Waals surface area contributed by atoms with Crippen molar-refractivity contribution >= 4 is 5.97 Å². The molecule has 36 heavy (non-hydrogen) atoms. The Labute approximate surface area is 219 Å². The Morgan fingerprint density at radius 3 is 2.56 bits per heavy atom. The highest BCUT2D eigenvalue weighted by Gasteiger charge is 2.43. The summed E-state index contributed by atoms with van der Waals surface area (Å²) >= 11 is 0. The number of carbonyl (C=O) groups is 1. The van der Waals surface area contributed by atoms with Gasteiger partial charge in [-0.3, -0.25) is 4.79 Å². The van der Waals surface area contributed by atoms with Gasteiger partial charge in [-0.05, 0) is 98.7 Å². The third kappa shape index (κ3) is 7.23. The van der Waals surface area contributed by atoms with E-state index in [0.717, 1.165) is 55.4 Å². The predicted octanol–water partition coefficient (Wildman–Crippen LogP) is 9.46. The molecule has 4 rings (SSSR count). The number of ether oxygens (including phenoxy) is 1. The molecule has 3 aliphatic carbocycles. The van der Waals surface area contributed by atoms with E-state index in [2.05, 4.69) is 13.5 Å². The van der Waals surface area contributed by atoms with E-state index in [1.807, 2.05) is 12.1 Å². The normalized spacial score (nSPS) is 30.4. The van der Waals surface area contributed by atoms with E-state index in [9.17, 15) is 9.18 Å². The predicted molar refractivity (Wildman–Crippen MR) is 146 cm³/mol. The number of esters is 1. The molecule has 0 bridgehead atoms. The zero-order valence-corrected chi connectivity index (χ0v) is 22.7. The summed E-state index contributed by atoms with van der Waals surface area (Å²) in [5.41, 5.74) is 0.911. The van der Waals surface area contributed by atoms with Crippen molar-refractivity contribution in [3.63, 3.8) is 0 Å². The van der Waals surface area contributed by atoms with Crippen LogP contribution in [0.2, 0.25) is 0 Å². The molecule has 2 nitrogen and oxygen atoms in total. The summed E-state index contributed by atoms with van der Waals surface area (Å²) in [6, 6.07) is 4.99. The first-order valence-corrected chi connectivity index (χ1v) is 15.2. The molecule has 0 spiro atoms. The van der Waals surface area contributed by atoms with Crippen LogP contribution in [0.5, 0.6) is 5.75 Å². The largest absolute Gasteiger partial charge is 0.423 e. The second-order valence-corrected chi connectivity index (χ2v) is 12.2. The van der Waals surface area contributed by atoms with Gasteiger partial charge in [0.05, 0.1) is 5.92 Å². The maximum Gasteiger partial charge on any atom is 0.314 e. The Morgan fingerprint density at radius 2 is 1.81 bits per heavy atom. The van der Waals surface area contributed by atoms with Gasteiger partial charge in [-0.1, -0.05) is 76.9 Å². The lowest BCUT2D eigenvalue weighted by atomic mass is 9.59. The molecule has 4 atom stereocenters. The average Bonchev–Trinajstić information content (AvgIpc) is 2.91. The molecule has 1 aromatic rings. The van der Waals surface area contributed by atoms with Crippen molar-refractivity contribution in [2.75, 3.05) is 0 Å². The summed E-state index contributed by atoms with van der Waals surface area (Å²) in [7, 11) is 0. The average molecular weight is 497 g/mol. The lowest BCUT2D eigenvalue weighted by molar-refractivity contribution is -0.144. The number of hydrogen-bond donors (Lipinski definition) is 0. The molecule has 3 aliphatic rings. The molecule has 4 unspecified atom stereocenters. The van der Waals surface area contributed by atoms with Gasteiger partial charge in [0.25, 0.3) is 0 Å². The van der Waals surface area contributed by atoms with Crippen molar-refractivity contribution in [2.24, 2.45) is 35.5 Å². The number of benzene rings is 1. The van der Waals surface area contributed by atoms with E-state index in [1.165, 1.54) is 83.1 Å². The summed E-state index contributed by atoms with van der Waals surface area (Å²) in [5, 5.41) is 0. The minimum Gasteiger partial charge on any atom is -0.423 e. The zero-order chi connectivity index (χ0) is 25.3. The highest BCUT2D eigenvalue weighted by molar-refractivity contribution is 5.75. The van der Waals surface area contributed by atoms with Crippen LogP contribution in [-0.2, 0) is 11.2 Å². The van der Waals surface area contributed by atoms with E-state index >= 15 is 0 Å². The van der Waals surface area contributed by atoms with Gasteiger partial charge in [-0.15, -0.1) is 6.58 Å². The van der Waals surface area contributed by atoms with Crippen LogP contribution < -0.4 is 4.74 Å². The van der Waals surface area contributed by atoms with Crippen LogP contribution in [-0.4, -0.2) is 5.97 Å². The fraction of sp³-hybridized carbons (Fsp3) is 0.727. The van der Waals surface area contributed by atoms with Crippen LogP contribution in [0.15, 0.2) is 30.9 Å². The van der Waals surface area contributed by atoms with Crippen LogP contribution in [0.4, 0.5) is 4.39 Å². The van der Waals surface area contributed by atoms with Gasteiger partial charge < -0.3 is 4.74 Å². The molecule has 3 fully saturated rings. The number of aryl methyl sites for hydroxylation is 1. The SMILES string of the molecule is C=CCCc1ccc(OC(=O)C2CCCC3CC(C4CCC(CCCCCC)CC4)CCC32)c(F)c1. The standard InChI is InChI=1S/C33H49FO2/c1-3-5-7-8-11-24-14-17-26(18-15-24)27-19-20-29-28(23-27)12-9-13-30(29)33(35)36-32-21-16-25(10-6-4-2)22-31(32)34/h4,16,21-22,24,26-30H,2-3,5-15,17-20,23H2,1H3. The Kier molecular flexibility index (Phi) is 10.5. The Morgan fingerprint density at radius 1 is 1.00 bits per heavy atom. The molecule has 0 saturated heterocycles. The van der Waals surface area contributed by atoms with Crippen LogP contribution in [0.25, 0.3) is 0 Å². The highest BCUT2D eigenvalue weighted by Crippen LogP contribution is 2.50. The van der Waals surface area contributed by atoms with E-state index in [0.29, 0.717) is 11.8 Å². The number of rotatable bonds is 11. The minimum absolute atomic E-state index is 0.0663. The minimum atomic E-state index is -0.429. The fourth-order valence-electron chi connectivity index (χ4n) is 7.76. The van der Waals surface area contributed by atoms with Crippen molar-refractivity contribution in [1.82, 2.24) is 0 Å². The quantitative estimate of drug-likeness (QED) is 0.132. The van der Waals surface area contributed by atoms with Gasteiger partial charge >= 0.3 is 5.97 Å². The van der Waals surface area contributed by atoms with E-state index in [1.54, 1.807) is 6.07 Å². The fourth-order valence-corrected chi connectivity index (χ4v) is 7.76. The van der Waals surface area contributed by atoms with E-state index < -0.39 is 5.82 Å². The van der Waals surface area contributed by atoms with Crippen molar-refractivity contribution < 1.29 is 13.9 Å². The molecule has 0 radical (unpaired) electrons. The van der Waals surface area contributed by atoms with Gasteiger partial charge in [-0.2, -0.15) is 0 Å². The molecule has 0 aromatic heterocycles. The molecule has 3 saturated carbocycles. The Balaban J connectivity index is 1.26. The summed E-state index contributed by atoms with van der Waals surface area (Å²) in [6.45, 7) is 6.02. The molecule has 1 aromatic carbocycles. The van der Waals surface area contributed by atoms with E-state index in [-0.39, 0.29) is 17.6 Å². The van der Waals surface area contributed by atoms with Crippen molar-refractivity contribution in [3.05, 3.63) is 42.2 Å². The molecule has 0 amide bonds. The number of unbranched alkanes of at least 4 members (excludes halogenated alkanes) is 3. The van der Waals surface area contributed by atoms with Crippen LogP contribution >= 0.6 is 0 Å². The monoisotopic (exact) mass is 496 g/mol. The second-order valence-electron chi connectivity index (χ2n) is 12.2. The smallest absolute Gasteiger partial charge is 0.314 e. The number of halogens is 1. The summed E-state index contributed by atoms with van der Waals surface area (Å²) in [6.07, 6.45) is 23.1. The van der Waals surface area contributed by atoms with Crippen molar-refractivity contribution in [3.8, 4) is 5.75 Å². The topological polar surface area (TPSA) is 26.3 Å². The van der Waals surface area contributed by atoms with Gasteiger partial charge in [0.1, 0.15) is 0 Å². The number of allylic oxidation sites excluding steroid dienone is 1. The molecule has 0 N–H and O–H groups in total. The summed E-state index contributed by atoms with van der Waals surface area (Å²) in [5.74, 6) is 3.18. The van der Waals surface area contributed by atoms with Crippen LogP contribution in [0.3, 0.4) is 0 Å². The van der Waals surface area contributed by atoms with Crippen LogP contribution in [0.1, 0.15) is 115 Å². The molecule has 0 aliphatic heterocycles. The maximum absolute atomic E-state index is 14.6.